The zero-order valence-corrected chi connectivity index (χ0v) is 12.5. The average molecular weight is 271 g/mol. The van der Waals surface area contributed by atoms with Gasteiger partial charge in [-0.1, -0.05) is 24.9 Å². The molecule has 0 amide bonds. The summed E-state index contributed by atoms with van der Waals surface area (Å²) in [6.07, 6.45) is 3.45. The second kappa shape index (κ2) is 7.54. The van der Waals surface area contributed by atoms with Crippen molar-refractivity contribution in [2.24, 2.45) is 0 Å². The van der Waals surface area contributed by atoms with Gasteiger partial charge in [-0.3, -0.25) is 0 Å². The third-order valence-electron chi connectivity index (χ3n) is 3.03. The van der Waals surface area contributed by atoms with E-state index in [0.717, 1.165) is 37.3 Å². The molecule has 0 aliphatic rings. The van der Waals surface area contributed by atoms with Gasteiger partial charge in [0.05, 0.1) is 0 Å². The van der Waals surface area contributed by atoms with Crippen molar-refractivity contribution in [1.29, 1.82) is 0 Å². The molecule has 0 aromatic carbocycles. The molecule has 0 unspecified atom stereocenters. The SMILES string of the molecule is CCCc1c(Cl)ncnc1NCCN(C)C(C)C. The molecule has 0 saturated heterocycles. The molecule has 1 rings (SSSR count). The van der Waals surface area contributed by atoms with Crippen LogP contribution in [-0.4, -0.2) is 41.0 Å². The smallest absolute Gasteiger partial charge is 0.137 e. The number of rotatable bonds is 7. The highest BCUT2D eigenvalue weighted by Gasteiger charge is 2.09. The van der Waals surface area contributed by atoms with Gasteiger partial charge in [0.15, 0.2) is 0 Å². The van der Waals surface area contributed by atoms with Crippen LogP contribution in [0.2, 0.25) is 5.15 Å². The van der Waals surface area contributed by atoms with Crippen molar-refractivity contribution >= 4 is 17.4 Å². The lowest BCUT2D eigenvalue weighted by atomic mass is 10.2. The normalized spacial score (nSPS) is 11.3. The Morgan fingerprint density at radius 3 is 2.72 bits per heavy atom. The first kappa shape index (κ1) is 15.2. The molecule has 0 atom stereocenters. The fourth-order valence-corrected chi connectivity index (χ4v) is 1.85. The molecule has 0 aliphatic carbocycles. The van der Waals surface area contributed by atoms with E-state index in [4.69, 9.17) is 11.6 Å². The molecule has 102 valence electrons. The summed E-state index contributed by atoms with van der Waals surface area (Å²) < 4.78 is 0. The first-order chi connectivity index (χ1) is 8.56. The molecular formula is C13H23ClN4. The highest BCUT2D eigenvalue weighted by atomic mass is 35.5. The summed E-state index contributed by atoms with van der Waals surface area (Å²) in [6.45, 7) is 8.33. The number of halogens is 1. The lowest BCUT2D eigenvalue weighted by Crippen LogP contribution is -2.31. The molecule has 5 heteroatoms. The molecule has 1 N–H and O–H groups in total. The van der Waals surface area contributed by atoms with Crippen molar-refractivity contribution in [3.8, 4) is 0 Å². The van der Waals surface area contributed by atoms with Gasteiger partial charge in [0.2, 0.25) is 0 Å². The zero-order valence-electron chi connectivity index (χ0n) is 11.7. The number of nitrogens with one attached hydrogen (secondary N) is 1. The van der Waals surface area contributed by atoms with Gasteiger partial charge in [-0.25, -0.2) is 9.97 Å². The van der Waals surface area contributed by atoms with Crippen molar-refractivity contribution in [2.75, 3.05) is 25.5 Å². The second-order valence-corrected chi connectivity index (χ2v) is 5.10. The third-order valence-corrected chi connectivity index (χ3v) is 3.36. The number of hydrogen-bond acceptors (Lipinski definition) is 4. The van der Waals surface area contributed by atoms with Crippen molar-refractivity contribution in [3.05, 3.63) is 17.0 Å². The monoisotopic (exact) mass is 270 g/mol. The summed E-state index contributed by atoms with van der Waals surface area (Å²) in [5.74, 6) is 0.869. The van der Waals surface area contributed by atoms with Gasteiger partial charge in [0, 0.05) is 24.7 Å². The molecule has 18 heavy (non-hydrogen) atoms. The Morgan fingerprint density at radius 1 is 1.39 bits per heavy atom. The van der Waals surface area contributed by atoms with Crippen molar-refractivity contribution in [3.63, 3.8) is 0 Å². The average Bonchev–Trinajstić information content (AvgIpc) is 2.33. The van der Waals surface area contributed by atoms with Crippen LogP contribution in [0.3, 0.4) is 0 Å². The van der Waals surface area contributed by atoms with Gasteiger partial charge in [0.25, 0.3) is 0 Å². The summed E-state index contributed by atoms with van der Waals surface area (Å²) in [5.41, 5.74) is 1.02. The summed E-state index contributed by atoms with van der Waals surface area (Å²) in [5, 5.41) is 3.91. The Bertz CT molecular complexity index is 368. The predicted octanol–water partition coefficient (Wildman–Crippen LogP) is 2.83. The van der Waals surface area contributed by atoms with Crippen molar-refractivity contribution in [1.82, 2.24) is 14.9 Å². The summed E-state index contributed by atoms with van der Waals surface area (Å²) in [7, 11) is 2.12. The van der Waals surface area contributed by atoms with E-state index in [2.05, 4.69) is 48.0 Å². The van der Waals surface area contributed by atoms with Crippen LogP contribution in [0.4, 0.5) is 5.82 Å². The fraction of sp³-hybridized carbons (Fsp3) is 0.692. The Labute approximate surface area is 115 Å². The van der Waals surface area contributed by atoms with Gasteiger partial charge < -0.3 is 10.2 Å². The van der Waals surface area contributed by atoms with E-state index >= 15 is 0 Å². The lowest BCUT2D eigenvalue weighted by molar-refractivity contribution is 0.284. The van der Waals surface area contributed by atoms with Gasteiger partial charge in [0.1, 0.15) is 17.3 Å². The van der Waals surface area contributed by atoms with E-state index in [1.165, 1.54) is 6.33 Å². The minimum atomic E-state index is 0.552. The van der Waals surface area contributed by atoms with E-state index in [1.807, 2.05) is 0 Å². The molecule has 0 bridgehead atoms. The standard InChI is InChI=1S/C13H23ClN4/c1-5-6-11-12(14)16-9-17-13(11)15-7-8-18(4)10(2)3/h9-10H,5-8H2,1-4H3,(H,15,16,17). The minimum Gasteiger partial charge on any atom is -0.368 e. The number of likely N-dealkylation sites (N-methyl/N-ethyl adjacent to an activating group) is 1. The first-order valence-corrected chi connectivity index (χ1v) is 6.87. The molecule has 0 saturated carbocycles. The van der Waals surface area contributed by atoms with Gasteiger partial charge >= 0.3 is 0 Å². The van der Waals surface area contributed by atoms with Crippen LogP contribution < -0.4 is 5.32 Å². The number of aromatic nitrogens is 2. The quantitative estimate of drug-likeness (QED) is 0.774. The van der Waals surface area contributed by atoms with Crippen molar-refractivity contribution < 1.29 is 0 Å². The molecule has 0 radical (unpaired) electrons. The maximum Gasteiger partial charge on any atom is 0.137 e. The van der Waals surface area contributed by atoms with E-state index in [1.54, 1.807) is 0 Å². The molecular weight excluding hydrogens is 248 g/mol. The molecule has 0 spiro atoms. The van der Waals surface area contributed by atoms with Crippen LogP contribution in [0.1, 0.15) is 32.8 Å². The first-order valence-electron chi connectivity index (χ1n) is 6.49. The molecule has 0 aliphatic heterocycles. The van der Waals surface area contributed by atoms with Crippen LogP contribution in [0, 0.1) is 0 Å². The Morgan fingerprint density at radius 2 is 2.11 bits per heavy atom. The lowest BCUT2D eigenvalue weighted by Gasteiger charge is -2.21. The topological polar surface area (TPSA) is 41.1 Å². The number of hydrogen-bond donors (Lipinski definition) is 1. The minimum absolute atomic E-state index is 0.552. The van der Waals surface area contributed by atoms with Crippen LogP contribution in [0.15, 0.2) is 6.33 Å². The van der Waals surface area contributed by atoms with Gasteiger partial charge in [-0.2, -0.15) is 0 Å². The predicted molar refractivity (Wildman–Crippen MR) is 77.3 cm³/mol. The maximum absolute atomic E-state index is 6.10. The summed E-state index contributed by atoms with van der Waals surface area (Å²) in [4.78, 5) is 10.6. The Kier molecular flexibility index (Phi) is 6.36. The molecule has 4 nitrogen and oxygen atoms in total. The maximum atomic E-state index is 6.10. The highest BCUT2D eigenvalue weighted by molar-refractivity contribution is 6.30. The van der Waals surface area contributed by atoms with Crippen molar-refractivity contribution in [2.45, 2.75) is 39.7 Å². The van der Waals surface area contributed by atoms with Crippen LogP contribution in [0.5, 0.6) is 0 Å². The molecule has 0 fully saturated rings. The van der Waals surface area contributed by atoms with Gasteiger partial charge in [-0.05, 0) is 27.3 Å². The largest absolute Gasteiger partial charge is 0.368 e. The number of anilines is 1. The molecule has 1 aromatic rings. The molecule has 1 aromatic heterocycles. The fourth-order valence-electron chi connectivity index (χ4n) is 1.62. The third kappa shape index (κ3) is 4.42. The highest BCUT2D eigenvalue weighted by Crippen LogP contribution is 2.21. The van der Waals surface area contributed by atoms with E-state index in [9.17, 15) is 0 Å². The molecule has 1 heterocycles. The van der Waals surface area contributed by atoms with Gasteiger partial charge in [-0.15, -0.1) is 0 Å². The summed E-state index contributed by atoms with van der Waals surface area (Å²) in [6, 6.07) is 0.552. The van der Waals surface area contributed by atoms with Crippen LogP contribution in [0.25, 0.3) is 0 Å². The van der Waals surface area contributed by atoms with E-state index in [-0.39, 0.29) is 0 Å². The van der Waals surface area contributed by atoms with E-state index < -0.39 is 0 Å². The van der Waals surface area contributed by atoms with Crippen LogP contribution in [-0.2, 0) is 6.42 Å². The zero-order chi connectivity index (χ0) is 13.5. The Hall–Kier alpha value is -0.870. The second-order valence-electron chi connectivity index (χ2n) is 4.74. The number of nitrogens with zero attached hydrogens (tertiary/aromatic N) is 3. The van der Waals surface area contributed by atoms with Crippen LogP contribution >= 0.6 is 11.6 Å². The Balaban J connectivity index is 2.59. The summed E-state index contributed by atoms with van der Waals surface area (Å²) >= 11 is 6.10. The van der Waals surface area contributed by atoms with E-state index in [0.29, 0.717) is 11.2 Å².